The molecular weight excluding hydrogens is 476 g/mol. The third-order valence-electron chi connectivity index (χ3n) is 5.55. The van der Waals surface area contributed by atoms with Gasteiger partial charge in [0, 0.05) is 37.3 Å². The Labute approximate surface area is 208 Å². The lowest BCUT2D eigenvalue weighted by Crippen LogP contribution is -2.40. The van der Waals surface area contributed by atoms with Crippen LogP contribution >= 0.6 is 23.4 Å². The minimum Gasteiger partial charge on any atom is -0.477 e. The summed E-state index contributed by atoms with van der Waals surface area (Å²) in [5.74, 6) is 0.606. The number of aliphatic imine (C=N–C) groups is 1. The van der Waals surface area contributed by atoms with Crippen molar-refractivity contribution in [2.24, 2.45) is 18.0 Å². The standard InChI is InChI=1S/C24H31ClN4O4S/c1-15(12-18-6-8-19(25)9-7-18)22(33-14-20-26-13-16(2)34-20)27-21-17(3)23(31)29(10-5-11-30)24(32)28(21)4/h6-9,13,15,20,26,30H,5,10-12,14H2,1-4H3/b27-22+. The molecule has 0 aliphatic carbocycles. The van der Waals surface area contributed by atoms with Gasteiger partial charge < -0.3 is 15.2 Å². The predicted molar refractivity (Wildman–Crippen MR) is 138 cm³/mol. The largest absolute Gasteiger partial charge is 0.477 e. The van der Waals surface area contributed by atoms with Crippen LogP contribution in [0.4, 0.5) is 5.82 Å². The molecule has 3 rings (SSSR count). The first-order chi connectivity index (χ1) is 16.2. The Kier molecular flexibility index (Phi) is 9.04. The third kappa shape index (κ3) is 6.34. The molecule has 34 heavy (non-hydrogen) atoms. The summed E-state index contributed by atoms with van der Waals surface area (Å²) in [6.45, 7) is 6.11. The summed E-state index contributed by atoms with van der Waals surface area (Å²) in [6.07, 6.45) is 2.93. The van der Waals surface area contributed by atoms with E-state index in [0.717, 1.165) is 10.1 Å². The molecule has 0 saturated heterocycles. The summed E-state index contributed by atoms with van der Waals surface area (Å²) in [6, 6.07) is 7.60. The minimum absolute atomic E-state index is 0.0596. The van der Waals surface area contributed by atoms with Crippen molar-refractivity contribution >= 4 is 35.1 Å². The normalized spacial score (nSPS) is 16.8. The molecular formula is C24H31ClN4O4S. The van der Waals surface area contributed by atoms with E-state index < -0.39 is 11.2 Å². The summed E-state index contributed by atoms with van der Waals surface area (Å²) in [5, 5.41) is 13.1. The number of halogens is 1. The van der Waals surface area contributed by atoms with Gasteiger partial charge in [-0.3, -0.25) is 13.9 Å². The third-order valence-corrected chi connectivity index (χ3v) is 6.85. The van der Waals surface area contributed by atoms with E-state index in [1.807, 2.05) is 44.3 Å². The van der Waals surface area contributed by atoms with Gasteiger partial charge in [0.1, 0.15) is 17.8 Å². The first kappa shape index (κ1) is 26.1. The van der Waals surface area contributed by atoms with Gasteiger partial charge in [0.05, 0.1) is 5.56 Å². The molecule has 8 nitrogen and oxygen atoms in total. The van der Waals surface area contributed by atoms with E-state index in [4.69, 9.17) is 26.4 Å². The number of hydrogen-bond acceptors (Lipinski definition) is 7. The average Bonchev–Trinajstić information content (AvgIpc) is 3.23. The molecule has 0 fully saturated rings. The fourth-order valence-corrected chi connectivity index (χ4v) is 4.67. The van der Waals surface area contributed by atoms with Crippen LogP contribution in [0.1, 0.15) is 31.4 Å². The van der Waals surface area contributed by atoms with Gasteiger partial charge in [0.25, 0.3) is 5.56 Å². The van der Waals surface area contributed by atoms with Crippen molar-refractivity contribution in [2.75, 3.05) is 13.2 Å². The van der Waals surface area contributed by atoms with Gasteiger partial charge in [-0.25, -0.2) is 4.79 Å². The number of aromatic nitrogens is 2. The lowest BCUT2D eigenvalue weighted by molar-refractivity contribution is 0.276. The summed E-state index contributed by atoms with van der Waals surface area (Å²) in [7, 11) is 1.59. The number of nitrogens with one attached hydrogen (secondary N) is 1. The van der Waals surface area contributed by atoms with Gasteiger partial charge in [0.2, 0.25) is 0 Å². The maximum absolute atomic E-state index is 12.9. The van der Waals surface area contributed by atoms with Crippen molar-refractivity contribution in [2.45, 2.75) is 45.5 Å². The number of aliphatic hydroxyl groups excluding tert-OH is 1. The molecule has 10 heteroatoms. The summed E-state index contributed by atoms with van der Waals surface area (Å²) in [5.41, 5.74) is 0.544. The predicted octanol–water partition coefficient (Wildman–Crippen LogP) is 3.34. The molecule has 1 aliphatic rings. The van der Waals surface area contributed by atoms with Crippen LogP contribution in [0.5, 0.6) is 0 Å². The van der Waals surface area contributed by atoms with Crippen LogP contribution in [0.2, 0.25) is 5.02 Å². The summed E-state index contributed by atoms with van der Waals surface area (Å²) in [4.78, 5) is 31.6. The Morgan fingerprint density at radius 2 is 2.00 bits per heavy atom. The van der Waals surface area contributed by atoms with E-state index >= 15 is 0 Å². The van der Waals surface area contributed by atoms with Crippen LogP contribution in [0.3, 0.4) is 0 Å². The first-order valence-electron chi connectivity index (χ1n) is 11.2. The highest BCUT2D eigenvalue weighted by Crippen LogP contribution is 2.26. The monoisotopic (exact) mass is 506 g/mol. The highest BCUT2D eigenvalue weighted by atomic mass is 35.5. The maximum atomic E-state index is 12.9. The van der Waals surface area contributed by atoms with E-state index in [9.17, 15) is 9.59 Å². The van der Waals surface area contributed by atoms with E-state index in [1.165, 1.54) is 9.47 Å². The zero-order valence-electron chi connectivity index (χ0n) is 19.9. The van der Waals surface area contributed by atoms with Crippen molar-refractivity contribution in [1.82, 2.24) is 14.5 Å². The second-order valence-corrected chi connectivity index (χ2v) is 10.2. The second kappa shape index (κ2) is 11.8. The Hall–Kier alpha value is -2.49. The topological polar surface area (TPSA) is 97.8 Å². The van der Waals surface area contributed by atoms with Gasteiger partial charge in [-0.2, -0.15) is 4.99 Å². The van der Waals surface area contributed by atoms with Crippen LogP contribution in [-0.2, 0) is 24.8 Å². The van der Waals surface area contributed by atoms with Gasteiger partial charge in [-0.1, -0.05) is 30.7 Å². The molecule has 0 bridgehead atoms. The van der Waals surface area contributed by atoms with Crippen molar-refractivity contribution in [1.29, 1.82) is 0 Å². The first-order valence-corrected chi connectivity index (χ1v) is 12.4. The van der Waals surface area contributed by atoms with Crippen molar-refractivity contribution in [3.8, 4) is 0 Å². The Bertz CT molecular complexity index is 1150. The fourth-order valence-electron chi connectivity index (χ4n) is 3.69. The molecule has 2 unspecified atom stereocenters. The average molecular weight is 507 g/mol. The number of benzene rings is 1. The number of rotatable bonds is 9. The van der Waals surface area contributed by atoms with Crippen molar-refractivity contribution in [3.63, 3.8) is 0 Å². The number of aliphatic hydroxyl groups is 1. The molecule has 2 N–H and O–H groups in total. The van der Waals surface area contributed by atoms with Gasteiger partial charge in [-0.05, 0) is 49.3 Å². The van der Waals surface area contributed by atoms with Crippen LogP contribution in [0.15, 0.2) is 50.0 Å². The van der Waals surface area contributed by atoms with E-state index in [2.05, 4.69) is 5.32 Å². The lowest BCUT2D eigenvalue weighted by Gasteiger charge is -2.20. The number of hydrogen-bond donors (Lipinski definition) is 2. The number of nitrogens with zero attached hydrogens (tertiary/aromatic N) is 3. The number of thioether (sulfide) groups is 1. The van der Waals surface area contributed by atoms with Crippen LogP contribution in [0, 0.1) is 12.8 Å². The maximum Gasteiger partial charge on any atom is 0.332 e. The van der Waals surface area contributed by atoms with Crippen LogP contribution in [-0.4, -0.2) is 38.7 Å². The molecule has 0 amide bonds. The van der Waals surface area contributed by atoms with Crippen LogP contribution in [0.25, 0.3) is 0 Å². The molecule has 1 aromatic carbocycles. The highest BCUT2D eigenvalue weighted by Gasteiger charge is 2.21. The highest BCUT2D eigenvalue weighted by molar-refractivity contribution is 8.03. The van der Waals surface area contributed by atoms with Crippen molar-refractivity contribution < 1.29 is 9.84 Å². The lowest BCUT2D eigenvalue weighted by atomic mass is 10.0. The van der Waals surface area contributed by atoms with Crippen molar-refractivity contribution in [3.05, 3.63) is 72.4 Å². The minimum atomic E-state index is -0.472. The summed E-state index contributed by atoms with van der Waals surface area (Å²) >= 11 is 7.70. The number of allylic oxidation sites excluding steroid dienone is 1. The Balaban J connectivity index is 1.95. The van der Waals surface area contributed by atoms with Crippen LogP contribution < -0.4 is 16.6 Å². The molecule has 2 atom stereocenters. The zero-order valence-corrected chi connectivity index (χ0v) is 21.4. The van der Waals surface area contributed by atoms with E-state index in [0.29, 0.717) is 35.9 Å². The number of ether oxygens (including phenoxy) is 1. The van der Waals surface area contributed by atoms with Gasteiger partial charge in [-0.15, -0.1) is 11.8 Å². The van der Waals surface area contributed by atoms with E-state index in [-0.39, 0.29) is 30.3 Å². The summed E-state index contributed by atoms with van der Waals surface area (Å²) < 4.78 is 8.67. The molecule has 0 radical (unpaired) electrons. The van der Waals surface area contributed by atoms with E-state index in [1.54, 1.807) is 25.7 Å². The molecule has 2 aromatic rings. The molecule has 184 valence electrons. The SMILES string of the molecule is CC1=CNC(CO/C(=N/c2c(C)c(=O)n(CCCO)c(=O)n2C)C(C)Cc2ccc(Cl)cc2)S1. The molecule has 0 saturated carbocycles. The van der Waals surface area contributed by atoms with Gasteiger partial charge in [0.15, 0.2) is 5.90 Å². The molecule has 1 aliphatic heterocycles. The smallest absolute Gasteiger partial charge is 0.332 e. The molecule has 0 spiro atoms. The quantitative estimate of drug-likeness (QED) is 0.400. The second-order valence-electron chi connectivity index (χ2n) is 8.34. The Morgan fingerprint density at radius 3 is 2.62 bits per heavy atom. The molecule has 1 aromatic heterocycles. The van der Waals surface area contributed by atoms with Gasteiger partial charge >= 0.3 is 5.69 Å². The zero-order chi connectivity index (χ0) is 24.8. The fraction of sp³-hybridized carbons (Fsp3) is 0.458. The Morgan fingerprint density at radius 1 is 1.29 bits per heavy atom. The molecule has 2 heterocycles.